The van der Waals surface area contributed by atoms with Crippen LogP contribution in [0.3, 0.4) is 0 Å². The van der Waals surface area contributed by atoms with Crippen LogP contribution in [0.15, 0.2) is 42.5 Å². The topological polar surface area (TPSA) is 146 Å². The molecule has 3 aliphatic carbocycles. The highest BCUT2D eigenvalue weighted by atomic mass is 16.6. The van der Waals surface area contributed by atoms with Crippen molar-refractivity contribution in [3.05, 3.63) is 48.0 Å². The Hall–Kier alpha value is -3.08. The predicted molar refractivity (Wildman–Crippen MR) is 143 cm³/mol. The minimum Gasteiger partial charge on any atom is -0.465 e. The van der Waals surface area contributed by atoms with Crippen molar-refractivity contribution in [2.45, 2.75) is 83.1 Å². The van der Waals surface area contributed by atoms with Crippen LogP contribution in [0.4, 0.5) is 0 Å². The Kier molecular flexibility index (Phi) is 6.99. The Morgan fingerprint density at radius 2 is 1.68 bits per heavy atom. The summed E-state index contributed by atoms with van der Waals surface area (Å²) in [6.45, 7) is 8.94. The summed E-state index contributed by atoms with van der Waals surface area (Å²) < 4.78 is 24.1. The average Bonchev–Trinajstić information content (AvgIpc) is 3.26. The fourth-order valence-corrected chi connectivity index (χ4v) is 8.34. The van der Waals surface area contributed by atoms with Crippen LogP contribution in [-0.4, -0.2) is 75.6 Å². The summed E-state index contributed by atoms with van der Waals surface area (Å²) in [5, 5.41) is 24.3. The zero-order chi connectivity index (χ0) is 30.1. The number of hydrogen-bond donors (Lipinski definition) is 2. The monoisotopic (exact) mass is 570 g/mol. The first-order valence-electron chi connectivity index (χ1n) is 14.0. The van der Waals surface area contributed by atoms with Gasteiger partial charge in [-0.3, -0.25) is 14.4 Å². The van der Waals surface area contributed by atoms with E-state index < -0.39 is 94.5 Å². The van der Waals surface area contributed by atoms with E-state index in [2.05, 4.69) is 0 Å². The molecule has 1 aromatic carbocycles. The number of rotatable bonds is 5. The molecular formula is C31H38O10. The van der Waals surface area contributed by atoms with E-state index in [1.165, 1.54) is 13.8 Å². The number of Topliss-reactive ketones (excluding diaryl/α,β-unsaturated/α-hetero) is 1. The number of ether oxygens (including phenoxy) is 4. The highest BCUT2D eigenvalue weighted by Crippen LogP contribution is 2.66. The lowest BCUT2D eigenvalue weighted by Crippen LogP contribution is -2.64. The Labute approximate surface area is 239 Å². The summed E-state index contributed by atoms with van der Waals surface area (Å²) in [5.41, 5.74) is -6.25. The summed E-state index contributed by atoms with van der Waals surface area (Å²) in [7, 11) is 0. The molecule has 2 saturated carbocycles. The minimum absolute atomic E-state index is 0.0994. The van der Waals surface area contributed by atoms with Crippen molar-refractivity contribution < 1.29 is 48.3 Å². The van der Waals surface area contributed by atoms with Crippen molar-refractivity contribution in [3.63, 3.8) is 0 Å². The normalized spacial score (nSPS) is 42.0. The Balaban J connectivity index is 1.82. The molecule has 1 heterocycles. The number of carbonyl (C=O) groups excluding carboxylic acids is 4. The molecule has 41 heavy (non-hydrogen) atoms. The highest BCUT2D eigenvalue weighted by molar-refractivity contribution is 5.97. The van der Waals surface area contributed by atoms with E-state index in [4.69, 9.17) is 18.9 Å². The smallest absolute Gasteiger partial charge is 0.338 e. The zero-order valence-electron chi connectivity index (χ0n) is 24.2. The summed E-state index contributed by atoms with van der Waals surface area (Å²) >= 11 is 0. The Morgan fingerprint density at radius 1 is 1.02 bits per heavy atom. The highest BCUT2D eigenvalue weighted by Gasteiger charge is 2.80. The quantitative estimate of drug-likeness (QED) is 0.307. The van der Waals surface area contributed by atoms with Gasteiger partial charge in [0.25, 0.3) is 0 Å². The largest absolute Gasteiger partial charge is 0.465 e. The van der Waals surface area contributed by atoms with Crippen molar-refractivity contribution in [1.29, 1.82) is 0 Å². The minimum atomic E-state index is -2.17. The van der Waals surface area contributed by atoms with E-state index in [1.54, 1.807) is 56.3 Å². The third-order valence-electron chi connectivity index (χ3n) is 9.73. The van der Waals surface area contributed by atoms with Gasteiger partial charge in [-0.25, -0.2) is 4.79 Å². The fraction of sp³-hybridized carbons (Fsp3) is 0.613. The molecule has 3 fully saturated rings. The Morgan fingerprint density at radius 3 is 2.29 bits per heavy atom. The maximum absolute atomic E-state index is 14.7. The van der Waals surface area contributed by atoms with E-state index in [0.717, 1.165) is 0 Å². The van der Waals surface area contributed by atoms with Crippen molar-refractivity contribution in [2.24, 2.45) is 29.1 Å². The molecule has 0 unspecified atom stereocenters. The molecule has 0 spiro atoms. The van der Waals surface area contributed by atoms with Gasteiger partial charge in [-0.05, 0) is 45.2 Å². The molecule has 10 nitrogen and oxygen atoms in total. The summed E-state index contributed by atoms with van der Waals surface area (Å²) in [6.07, 6.45) is -0.678. The maximum Gasteiger partial charge on any atom is 0.338 e. The molecular weight excluding hydrogens is 532 g/mol. The standard InChI is InChI=1S/C31H38O10/c1-16-14-31(37)22(23(16)39-18(3)33)25(40-26(35)19-10-8-7-9-11-19)30(15-38-17(2)32)21(34)13-12-20-24(30)29(6,27(31)36)41-28(20,4)5/h7-13,16,20-25,34,37H,14-15H2,1-6H3/t16-,20-,21+,22+,23-,24-,25+,29-,30+,31+/m1/s1. The summed E-state index contributed by atoms with van der Waals surface area (Å²) in [4.78, 5) is 53.0. The van der Waals surface area contributed by atoms with Gasteiger partial charge in [0, 0.05) is 25.7 Å². The van der Waals surface area contributed by atoms with E-state index >= 15 is 0 Å². The maximum atomic E-state index is 14.7. The molecule has 5 rings (SSSR count). The van der Waals surface area contributed by atoms with Crippen LogP contribution < -0.4 is 0 Å². The van der Waals surface area contributed by atoms with Crippen molar-refractivity contribution in [1.82, 2.24) is 0 Å². The molecule has 10 atom stereocenters. The zero-order valence-corrected chi connectivity index (χ0v) is 24.2. The second-order valence-electron chi connectivity index (χ2n) is 12.8. The van der Waals surface area contributed by atoms with Gasteiger partial charge in [0.2, 0.25) is 0 Å². The molecule has 4 aliphatic rings. The van der Waals surface area contributed by atoms with E-state index in [9.17, 15) is 29.4 Å². The van der Waals surface area contributed by atoms with Crippen LogP contribution in [0, 0.1) is 29.1 Å². The molecule has 0 amide bonds. The number of ketones is 1. The summed E-state index contributed by atoms with van der Waals surface area (Å²) in [6, 6.07) is 8.18. The average molecular weight is 571 g/mol. The number of carbonyl (C=O) groups is 4. The summed E-state index contributed by atoms with van der Waals surface area (Å²) in [5.74, 6) is -5.92. The lowest BCUT2D eigenvalue weighted by atomic mass is 9.54. The van der Waals surface area contributed by atoms with Gasteiger partial charge in [0.15, 0.2) is 5.78 Å². The molecule has 0 bridgehead atoms. The number of benzene rings is 1. The Bertz CT molecular complexity index is 1290. The van der Waals surface area contributed by atoms with Gasteiger partial charge in [-0.1, -0.05) is 37.3 Å². The van der Waals surface area contributed by atoms with Crippen LogP contribution in [0.5, 0.6) is 0 Å². The number of fused-ring (bicyclic) bond motifs is 1. The second-order valence-corrected chi connectivity index (χ2v) is 12.8. The lowest BCUT2D eigenvalue weighted by molar-refractivity contribution is -0.195. The predicted octanol–water partition coefficient (Wildman–Crippen LogP) is 2.39. The van der Waals surface area contributed by atoms with Crippen molar-refractivity contribution in [2.75, 3.05) is 6.61 Å². The van der Waals surface area contributed by atoms with Crippen molar-refractivity contribution in [3.8, 4) is 0 Å². The lowest BCUT2D eigenvalue weighted by Gasteiger charge is -2.52. The molecule has 2 N–H and O–H groups in total. The number of esters is 3. The first-order chi connectivity index (χ1) is 19.1. The molecule has 0 aromatic heterocycles. The van der Waals surface area contributed by atoms with Crippen LogP contribution in [0.1, 0.15) is 58.3 Å². The van der Waals surface area contributed by atoms with Gasteiger partial charge in [-0.2, -0.15) is 0 Å². The van der Waals surface area contributed by atoms with Crippen molar-refractivity contribution >= 4 is 23.7 Å². The van der Waals surface area contributed by atoms with Gasteiger partial charge < -0.3 is 29.2 Å². The first-order valence-corrected chi connectivity index (χ1v) is 14.0. The van der Waals surface area contributed by atoms with Gasteiger partial charge in [-0.15, -0.1) is 0 Å². The van der Waals surface area contributed by atoms with Crippen LogP contribution >= 0.6 is 0 Å². The first kappa shape index (κ1) is 29.4. The molecule has 0 radical (unpaired) electrons. The van der Waals surface area contributed by atoms with Gasteiger partial charge in [0.1, 0.15) is 30.0 Å². The van der Waals surface area contributed by atoms with E-state index in [-0.39, 0.29) is 12.0 Å². The number of aliphatic hydroxyl groups excluding tert-OH is 1. The van der Waals surface area contributed by atoms with Crippen LogP contribution in [-0.2, 0) is 33.3 Å². The molecule has 222 valence electrons. The van der Waals surface area contributed by atoms with Crippen LogP contribution in [0.25, 0.3) is 0 Å². The van der Waals surface area contributed by atoms with Gasteiger partial charge in [0.05, 0.1) is 28.6 Å². The number of hydrogen-bond acceptors (Lipinski definition) is 10. The molecule has 1 aliphatic heterocycles. The molecule has 10 heteroatoms. The van der Waals surface area contributed by atoms with Crippen LogP contribution in [0.2, 0.25) is 0 Å². The SMILES string of the molecule is CC(=O)OC[C@]12[C@@H](O)C=C[C@@H]3[C@@H]1[C@@](C)(OC3(C)C)C(=O)[C@]1(O)C[C@@H](C)[C@@H](OC(C)=O)[C@H]1[C@@H]2OC(=O)c1ccccc1. The molecule has 1 saturated heterocycles. The molecule has 1 aromatic rings. The third kappa shape index (κ3) is 4.25. The van der Waals surface area contributed by atoms with E-state index in [1.807, 2.05) is 13.8 Å². The fourth-order valence-electron chi connectivity index (χ4n) is 8.34. The van der Waals surface area contributed by atoms with Gasteiger partial charge >= 0.3 is 17.9 Å². The number of aliphatic hydroxyl groups is 2. The second kappa shape index (κ2) is 9.74. The third-order valence-corrected chi connectivity index (χ3v) is 9.73. The van der Waals surface area contributed by atoms with E-state index in [0.29, 0.717) is 0 Å².